The molecule has 3 heterocycles. The van der Waals surface area contributed by atoms with Crippen molar-refractivity contribution in [2.75, 3.05) is 23.9 Å². The fraction of sp³-hybridized carbons (Fsp3) is 0.242. The number of fused-ring (bicyclic) bond motifs is 2. The average Bonchev–Trinajstić information content (AvgIpc) is 3.48. The largest absolute Gasteiger partial charge is 0.504 e. The Bertz CT molecular complexity index is 1920. The maximum absolute atomic E-state index is 14.1. The van der Waals surface area contributed by atoms with Crippen molar-refractivity contribution in [2.45, 2.75) is 36.6 Å². The summed E-state index contributed by atoms with van der Waals surface area (Å²) in [6.45, 7) is 3.51. The molecule has 0 bridgehead atoms. The number of thioether (sulfide) groups is 1. The number of amides is 3. The van der Waals surface area contributed by atoms with Gasteiger partial charge in [0.05, 0.1) is 35.9 Å². The number of nitrogens with one attached hydrogen (secondary N) is 1. The van der Waals surface area contributed by atoms with E-state index in [1.807, 2.05) is 19.1 Å². The van der Waals surface area contributed by atoms with E-state index in [2.05, 4.69) is 5.32 Å². The number of aromatic nitrogens is 1. The number of imide groups is 1. The molecule has 2 aliphatic rings. The Morgan fingerprint density at radius 3 is 2.37 bits per heavy atom. The standard InChI is InChI=1S/C33H29N3O8S2/c1-4-44-32(41)18-7-10-20(11-8-18)34-24(38)16-35-31-28(46-33(35)42)25(19-9-14-22(37)23(15-19)43-3)26-27(45-31)30(40)36(29(26)39)21-12-5-17(2)6-13-21/h5-15,25-27,37H,4,16H2,1-3H3,(H,34,38)/t25-,26+,27-/m0/s1. The molecule has 0 unspecified atom stereocenters. The van der Waals surface area contributed by atoms with Crippen LogP contribution in [0.25, 0.3) is 0 Å². The summed E-state index contributed by atoms with van der Waals surface area (Å²) in [7, 11) is 1.41. The summed E-state index contributed by atoms with van der Waals surface area (Å²) in [5, 5.41) is 12.6. The number of hydrogen-bond donors (Lipinski definition) is 2. The lowest BCUT2D eigenvalue weighted by Gasteiger charge is -2.31. The van der Waals surface area contributed by atoms with Crippen molar-refractivity contribution in [3.05, 3.63) is 98.0 Å². The van der Waals surface area contributed by atoms with Gasteiger partial charge in [0, 0.05) is 16.5 Å². The van der Waals surface area contributed by atoms with Gasteiger partial charge in [0.15, 0.2) is 11.5 Å². The molecule has 3 amide bonds. The zero-order valence-electron chi connectivity index (χ0n) is 25.0. The SMILES string of the molecule is CCOC(=O)c1ccc(NC(=O)Cn2c3c(sc2=O)[C@@H](c2ccc(O)c(OC)c2)[C@H]2C(=O)N(c4ccc(C)cc4)C(=O)[C@H]2S3)cc1. The van der Waals surface area contributed by atoms with E-state index in [1.54, 1.807) is 43.3 Å². The van der Waals surface area contributed by atoms with Crippen LogP contribution >= 0.6 is 23.1 Å². The van der Waals surface area contributed by atoms with E-state index in [0.717, 1.165) is 28.7 Å². The van der Waals surface area contributed by atoms with Gasteiger partial charge in [-0.2, -0.15) is 0 Å². The van der Waals surface area contributed by atoms with Crippen molar-refractivity contribution in [1.82, 2.24) is 4.57 Å². The van der Waals surface area contributed by atoms with E-state index in [0.29, 0.717) is 32.4 Å². The lowest BCUT2D eigenvalue weighted by atomic mass is 9.83. The minimum absolute atomic E-state index is 0.0963. The normalized spacial score (nSPS) is 18.6. The van der Waals surface area contributed by atoms with Gasteiger partial charge < -0.3 is 19.9 Å². The number of phenolic OH excluding ortho intramolecular Hbond substituents is 1. The Hall–Kier alpha value is -4.88. The van der Waals surface area contributed by atoms with E-state index < -0.39 is 45.6 Å². The van der Waals surface area contributed by atoms with Crippen LogP contribution in [0.5, 0.6) is 11.5 Å². The number of ether oxygens (including phenoxy) is 2. The molecular weight excluding hydrogens is 631 g/mol. The Morgan fingerprint density at radius 1 is 0.978 bits per heavy atom. The predicted molar refractivity (Wildman–Crippen MR) is 173 cm³/mol. The third-order valence-corrected chi connectivity index (χ3v) is 10.5. The van der Waals surface area contributed by atoms with E-state index in [-0.39, 0.29) is 24.7 Å². The highest BCUT2D eigenvalue weighted by molar-refractivity contribution is 8.00. The lowest BCUT2D eigenvalue weighted by molar-refractivity contribution is -0.122. The van der Waals surface area contributed by atoms with Crippen LogP contribution in [-0.2, 0) is 25.7 Å². The minimum atomic E-state index is -0.871. The number of aromatic hydroxyl groups is 1. The van der Waals surface area contributed by atoms with Gasteiger partial charge in [-0.25, -0.2) is 9.69 Å². The first-order valence-corrected chi connectivity index (χ1v) is 16.1. The fourth-order valence-electron chi connectivity index (χ4n) is 5.70. The Kier molecular flexibility index (Phi) is 8.45. The van der Waals surface area contributed by atoms with Crippen molar-refractivity contribution >= 4 is 58.2 Å². The van der Waals surface area contributed by atoms with Gasteiger partial charge in [-0.3, -0.25) is 23.7 Å². The van der Waals surface area contributed by atoms with Gasteiger partial charge in [0.1, 0.15) is 11.8 Å². The smallest absolute Gasteiger partial charge is 0.338 e. The van der Waals surface area contributed by atoms with Crippen LogP contribution < -0.4 is 19.8 Å². The maximum Gasteiger partial charge on any atom is 0.338 e. The molecule has 0 spiro atoms. The number of methoxy groups -OCH3 is 1. The number of benzene rings is 3. The first-order valence-electron chi connectivity index (χ1n) is 14.4. The van der Waals surface area contributed by atoms with Crippen LogP contribution in [0.4, 0.5) is 11.4 Å². The maximum atomic E-state index is 14.1. The monoisotopic (exact) mass is 659 g/mol. The second kappa shape index (κ2) is 12.5. The lowest BCUT2D eigenvalue weighted by Crippen LogP contribution is -2.33. The molecule has 1 fully saturated rings. The van der Waals surface area contributed by atoms with Crippen molar-refractivity contribution in [2.24, 2.45) is 5.92 Å². The predicted octanol–water partition coefficient (Wildman–Crippen LogP) is 4.54. The van der Waals surface area contributed by atoms with E-state index in [1.165, 1.54) is 34.8 Å². The number of carbonyl (C=O) groups is 4. The quantitative estimate of drug-likeness (QED) is 0.206. The number of phenols is 1. The molecule has 13 heteroatoms. The number of hydrogen-bond acceptors (Lipinski definition) is 10. The summed E-state index contributed by atoms with van der Waals surface area (Å²) in [5.74, 6) is -3.27. The molecule has 1 aromatic heterocycles. The van der Waals surface area contributed by atoms with Gasteiger partial charge in [-0.05, 0) is 67.9 Å². The summed E-state index contributed by atoms with van der Waals surface area (Å²) in [6, 6.07) is 18.0. The summed E-state index contributed by atoms with van der Waals surface area (Å²) in [6.07, 6.45) is 0. The second-order valence-electron chi connectivity index (χ2n) is 10.8. The van der Waals surface area contributed by atoms with Crippen molar-refractivity contribution < 1.29 is 33.8 Å². The molecule has 0 radical (unpaired) electrons. The van der Waals surface area contributed by atoms with E-state index >= 15 is 0 Å². The van der Waals surface area contributed by atoms with E-state index in [9.17, 15) is 29.1 Å². The highest BCUT2D eigenvalue weighted by atomic mass is 32.2. The van der Waals surface area contributed by atoms with Gasteiger partial charge in [0.25, 0.3) is 0 Å². The molecule has 3 atom stereocenters. The zero-order valence-corrected chi connectivity index (χ0v) is 26.6. The molecule has 236 valence electrons. The van der Waals surface area contributed by atoms with Crippen LogP contribution in [0.2, 0.25) is 0 Å². The average molecular weight is 660 g/mol. The van der Waals surface area contributed by atoms with Crippen molar-refractivity contribution in [1.29, 1.82) is 0 Å². The molecule has 46 heavy (non-hydrogen) atoms. The van der Waals surface area contributed by atoms with E-state index in [4.69, 9.17) is 9.47 Å². The summed E-state index contributed by atoms with van der Waals surface area (Å²) < 4.78 is 11.6. The summed E-state index contributed by atoms with van der Waals surface area (Å²) in [4.78, 5) is 67.9. The molecule has 6 rings (SSSR count). The number of carbonyl (C=O) groups excluding carboxylic acids is 4. The molecule has 2 aliphatic heterocycles. The summed E-state index contributed by atoms with van der Waals surface area (Å²) >= 11 is 2.02. The molecule has 0 saturated carbocycles. The first kappa shape index (κ1) is 31.1. The third-order valence-electron chi connectivity index (χ3n) is 7.89. The summed E-state index contributed by atoms with van der Waals surface area (Å²) in [5.41, 5.74) is 2.76. The topological polar surface area (TPSA) is 144 Å². The van der Waals surface area contributed by atoms with Crippen LogP contribution in [0, 0.1) is 12.8 Å². The van der Waals surface area contributed by atoms with Crippen molar-refractivity contribution in [3.63, 3.8) is 0 Å². The van der Waals surface area contributed by atoms with Gasteiger partial charge in [-0.15, -0.1) is 0 Å². The number of aryl methyl sites for hydroxylation is 1. The van der Waals surface area contributed by atoms with Crippen LogP contribution in [0.1, 0.15) is 39.2 Å². The van der Waals surface area contributed by atoms with Crippen LogP contribution in [-0.4, -0.2) is 52.3 Å². The minimum Gasteiger partial charge on any atom is -0.504 e. The highest BCUT2D eigenvalue weighted by Gasteiger charge is 2.57. The Morgan fingerprint density at radius 2 is 1.70 bits per heavy atom. The molecule has 1 saturated heterocycles. The van der Waals surface area contributed by atoms with Crippen LogP contribution in [0.3, 0.4) is 0 Å². The molecule has 11 nitrogen and oxygen atoms in total. The fourth-order valence-corrected chi connectivity index (χ4v) is 8.47. The zero-order chi connectivity index (χ0) is 32.7. The molecular formula is C33H29N3O8S2. The number of esters is 1. The molecule has 3 aromatic carbocycles. The molecule has 4 aromatic rings. The van der Waals surface area contributed by atoms with Crippen molar-refractivity contribution in [3.8, 4) is 11.5 Å². The first-order chi connectivity index (χ1) is 22.1. The number of thiazole rings is 1. The number of nitrogens with zero attached hydrogens (tertiary/aromatic N) is 2. The highest BCUT2D eigenvalue weighted by Crippen LogP contribution is 2.54. The number of rotatable bonds is 8. The van der Waals surface area contributed by atoms with Gasteiger partial charge in [-0.1, -0.05) is 46.9 Å². The number of anilines is 2. The molecule has 0 aliphatic carbocycles. The van der Waals surface area contributed by atoms with Crippen LogP contribution in [0.15, 0.2) is 76.6 Å². The Labute approximate surface area is 271 Å². The van der Waals surface area contributed by atoms with Gasteiger partial charge >= 0.3 is 10.8 Å². The van der Waals surface area contributed by atoms with Gasteiger partial charge in [0.2, 0.25) is 17.7 Å². The Balaban J connectivity index is 1.36. The third kappa shape index (κ3) is 5.56. The molecule has 2 N–H and O–H groups in total. The second-order valence-corrected chi connectivity index (χ2v) is 12.9.